The average molecular weight is 341 g/mol. The van der Waals surface area contributed by atoms with Crippen molar-refractivity contribution in [3.63, 3.8) is 0 Å². The second-order valence-corrected chi connectivity index (χ2v) is 6.45. The molecule has 0 aliphatic carbocycles. The van der Waals surface area contributed by atoms with Crippen LogP contribution in [0.1, 0.15) is 24.1 Å². The van der Waals surface area contributed by atoms with Gasteiger partial charge >= 0.3 is 0 Å². The van der Waals surface area contributed by atoms with Crippen molar-refractivity contribution in [1.29, 1.82) is 0 Å². The summed E-state index contributed by atoms with van der Waals surface area (Å²) in [4.78, 5) is 6.80. The predicted molar refractivity (Wildman–Crippen MR) is 98.9 cm³/mol. The van der Waals surface area contributed by atoms with Gasteiger partial charge in [0.15, 0.2) is 0 Å². The largest absolute Gasteiger partial charge is 0.497 e. The molecule has 1 saturated heterocycles. The minimum Gasteiger partial charge on any atom is -0.497 e. The van der Waals surface area contributed by atoms with Crippen LogP contribution in [0.2, 0.25) is 0 Å². The summed E-state index contributed by atoms with van der Waals surface area (Å²) in [6.45, 7) is 3.52. The minimum atomic E-state index is 0.472. The SMILES string of the molecule is CNC1CCCN(Cc2cc(OC)ccc2OCc2ccccn2)C1. The molecule has 1 aliphatic rings. The molecule has 2 aromatic rings. The van der Waals surface area contributed by atoms with Crippen LogP contribution in [0, 0.1) is 0 Å². The number of likely N-dealkylation sites (tertiary alicyclic amines) is 1. The van der Waals surface area contributed by atoms with Crippen LogP contribution in [0.25, 0.3) is 0 Å². The van der Waals surface area contributed by atoms with E-state index in [0.717, 1.165) is 42.4 Å². The van der Waals surface area contributed by atoms with Gasteiger partial charge in [0, 0.05) is 30.9 Å². The van der Waals surface area contributed by atoms with Gasteiger partial charge in [-0.2, -0.15) is 0 Å². The Hall–Kier alpha value is -2.11. The number of likely N-dealkylation sites (N-methyl/N-ethyl adjacent to an activating group) is 1. The summed E-state index contributed by atoms with van der Waals surface area (Å²) in [5, 5.41) is 3.40. The van der Waals surface area contributed by atoms with Crippen LogP contribution in [0.15, 0.2) is 42.6 Å². The monoisotopic (exact) mass is 341 g/mol. The van der Waals surface area contributed by atoms with Gasteiger partial charge in [-0.15, -0.1) is 0 Å². The van der Waals surface area contributed by atoms with E-state index in [1.807, 2.05) is 37.4 Å². The Morgan fingerprint density at radius 1 is 1.28 bits per heavy atom. The molecule has 134 valence electrons. The van der Waals surface area contributed by atoms with Crippen molar-refractivity contribution in [2.24, 2.45) is 0 Å². The lowest BCUT2D eigenvalue weighted by molar-refractivity contribution is 0.184. The molecule has 25 heavy (non-hydrogen) atoms. The fraction of sp³-hybridized carbons (Fsp3) is 0.450. The van der Waals surface area contributed by atoms with Gasteiger partial charge in [0.05, 0.1) is 12.8 Å². The highest BCUT2D eigenvalue weighted by Gasteiger charge is 2.20. The number of aromatic nitrogens is 1. The van der Waals surface area contributed by atoms with Crippen molar-refractivity contribution in [2.45, 2.75) is 32.0 Å². The number of methoxy groups -OCH3 is 1. The average Bonchev–Trinajstić information content (AvgIpc) is 2.68. The summed E-state index contributed by atoms with van der Waals surface area (Å²) in [7, 11) is 3.74. The summed E-state index contributed by atoms with van der Waals surface area (Å²) in [5.74, 6) is 1.76. The van der Waals surface area contributed by atoms with Crippen LogP contribution in [0.3, 0.4) is 0 Å². The maximum absolute atomic E-state index is 6.06. The third-order valence-electron chi connectivity index (χ3n) is 4.68. The molecule has 1 N–H and O–H groups in total. The van der Waals surface area contributed by atoms with Crippen molar-refractivity contribution >= 4 is 0 Å². The zero-order valence-corrected chi connectivity index (χ0v) is 15.1. The van der Waals surface area contributed by atoms with Crippen LogP contribution in [0.4, 0.5) is 0 Å². The van der Waals surface area contributed by atoms with Gasteiger partial charge < -0.3 is 14.8 Å². The van der Waals surface area contributed by atoms with E-state index < -0.39 is 0 Å². The number of benzene rings is 1. The molecule has 1 aliphatic heterocycles. The molecule has 5 heteroatoms. The van der Waals surface area contributed by atoms with Gasteiger partial charge in [-0.05, 0) is 56.8 Å². The highest BCUT2D eigenvalue weighted by molar-refractivity contribution is 5.40. The Bertz CT molecular complexity index is 663. The normalized spacial score (nSPS) is 18.1. The number of ether oxygens (including phenoxy) is 2. The van der Waals surface area contributed by atoms with E-state index in [9.17, 15) is 0 Å². The van der Waals surface area contributed by atoms with Crippen molar-refractivity contribution in [2.75, 3.05) is 27.2 Å². The van der Waals surface area contributed by atoms with Crippen LogP contribution in [-0.4, -0.2) is 43.2 Å². The third kappa shape index (κ3) is 4.94. The number of piperidine rings is 1. The van der Waals surface area contributed by atoms with Crippen LogP contribution in [0.5, 0.6) is 11.5 Å². The highest BCUT2D eigenvalue weighted by Crippen LogP contribution is 2.27. The first-order valence-electron chi connectivity index (χ1n) is 8.87. The molecule has 0 spiro atoms. The molecule has 1 fully saturated rings. The first-order chi connectivity index (χ1) is 12.3. The number of hydrogen-bond acceptors (Lipinski definition) is 5. The van der Waals surface area contributed by atoms with Gasteiger partial charge in [0.25, 0.3) is 0 Å². The number of hydrogen-bond donors (Lipinski definition) is 1. The highest BCUT2D eigenvalue weighted by atomic mass is 16.5. The van der Waals surface area contributed by atoms with E-state index in [1.165, 1.54) is 12.8 Å². The number of pyridine rings is 1. The molecule has 1 atom stereocenters. The van der Waals surface area contributed by atoms with Crippen molar-refractivity contribution < 1.29 is 9.47 Å². The van der Waals surface area contributed by atoms with E-state index in [4.69, 9.17) is 9.47 Å². The fourth-order valence-corrected chi connectivity index (χ4v) is 3.26. The minimum absolute atomic E-state index is 0.472. The second-order valence-electron chi connectivity index (χ2n) is 6.45. The van der Waals surface area contributed by atoms with Crippen molar-refractivity contribution in [1.82, 2.24) is 15.2 Å². The van der Waals surface area contributed by atoms with Gasteiger partial charge in [-0.3, -0.25) is 9.88 Å². The van der Waals surface area contributed by atoms with Gasteiger partial charge in [0.2, 0.25) is 0 Å². The Morgan fingerprint density at radius 2 is 2.20 bits per heavy atom. The molecule has 1 aromatic heterocycles. The number of nitrogens with one attached hydrogen (secondary N) is 1. The van der Waals surface area contributed by atoms with Crippen LogP contribution < -0.4 is 14.8 Å². The van der Waals surface area contributed by atoms with Gasteiger partial charge in [0.1, 0.15) is 18.1 Å². The fourth-order valence-electron chi connectivity index (χ4n) is 3.26. The second kappa shape index (κ2) is 8.83. The topological polar surface area (TPSA) is 46.6 Å². The van der Waals surface area contributed by atoms with Crippen molar-refractivity contribution in [3.8, 4) is 11.5 Å². The zero-order valence-electron chi connectivity index (χ0n) is 15.1. The molecule has 0 amide bonds. The van der Waals surface area contributed by atoms with E-state index in [1.54, 1.807) is 13.3 Å². The van der Waals surface area contributed by atoms with E-state index in [-0.39, 0.29) is 0 Å². The van der Waals surface area contributed by atoms with Crippen molar-refractivity contribution in [3.05, 3.63) is 53.9 Å². The third-order valence-corrected chi connectivity index (χ3v) is 4.68. The van der Waals surface area contributed by atoms with Gasteiger partial charge in [-0.1, -0.05) is 6.07 Å². The maximum atomic E-state index is 6.06. The molecule has 0 radical (unpaired) electrons. The summed E-state index contributed by atoms with van der Waals surface area (Å²) in [5.41, 5.74) is 2.09. The molecule has 1 unspecified atom stereocenters. The van der Waals surface area contributed by atoms with E-state index in [0.29, 0.717) is 12.6 Å². The molecule has 1 aromatic carbocycles. The predicted octanol–water partition coefficient (Wildman–Crippen LogP) is 2.85. The number of nitrogens with zero attached hydrogens (tertiary/aromatic N) is 2. The Labute approximate surface area is 150 Å². The Kier molecular flexibility index (Phi) is 6.25. The molecule has 0 saturated carbocycles. The molecule has 5 nitrogen and oxygen atoms in total. The molecule has 3 rings (SSSR count). The molecule has 0 bridgehead atoms. The van der Waals surface area contributed by atoms with Crippen LogP contribution in [-0.2, 0) is 13.2 Å². The summed E-state index contributed by atoms with van der Waals surface area (Å²) in [6, 6.07) is 12.5. The lowest BCUT2D eigenvalue weighted by Gasteiger charge is -2.32. The molecule has 2 heterocycles. The van der Waals surface area contributed by atoms with E-state index >= 15 is 0 Å². The maximum Gasteiger partial charge on any atom is 0.130 e. The Balaban J connectivity index is 1.71. The van der Waals surface area contributed by atoms with Crippen LogP contribution >= 0.6 is 0 Å². The first kappa shape index (κ1) is 17.7. The lowest BCUT2D eigenvalue weighted by Crippen LogP contribution is -2.43. The quantitative estimate of drug-likeness (QED) is 0.839. The molecular formula is C20H27N3O2. The van der Waals surface area contributed by atoms with E-state index in [2.05, 4.69) is 21.3 Å². The summed E-state index contributed by atoms with van der Waals surface area (Å²) in [6.07, 6.45) is 4.26. The summed E-state index contributed by atoms with van der Waals surface area (Å²) < 4.78 is 11.5. The first-order valence-corrected chi connectivity index (χ1v) is 8.87. The summed E-state index contributed by atoms with van der Waals surface area (Å²) >= 11 is 0. The van der Waals surface area contributed by atoms with Gasteiger partial charge in [-0.25, -0.2) is 0 Å². The standard InChI is InChI=1S/C20H27N3O2/c1-21-17-7-5-11-23(14-17)13-16-12-19(24-2)8-9-20(16)25-15-18-6-3-4-10-22-18/h3-4,6,8-10,12,17,21H,5,7,11,13-15H2,1-2H3. The Morgan fingerprint density at radius 3 is 2.96 bits per heavy atom. The lowest BCUT2D eigenvalue weighted by atomic mass is 10.0. The molecular weight excluding hydrogens is 314 g/mol. The number of rotatable bonds is 7. The zero-order chi connectivity index (χ0) is 17.5. The smallest absolute Gasteiger partial charge is 0.130 e.